The van der Waals surface area contributed by atoms with Gasteiger partial charge in [-0.25, -0.2) is 5.43 Å². The van der Waals surface area contributed by atoms with E-state index < -0.39 is 24.1 Å². The van der Waals surface area contributed by atoms with E-state index in [1.807, 2.05) is 37.3 Å². The molecule has 9 nitrogen and oxygen atoms in total. The zero-order chi connectivity index (χ0) is 25.9. The smallest absolute Gasteiger partial charge is 0.258 e. The normalized spacial score (nSPS) is 18.7. The van der Waals surface area contributed by atoms with Crippen molar-refractivity contribution in [3.8, 4) is 0 Å². The van der Waals surface area contributed by atoms with Crippen molar-refractivity contribution >= 4 is 44.6 Å². The van der Waals surface area contributed by atoms with Gasteiger partial charge >= 0.3 is 0 Å². The highest BCUT2D eigenvalue weighted by molar-refractivity contribution is 9.10. The van der Waals surface area contributed by atoms with Crippen LogP contribution in [0.4, 0.5) is 0 Å². The Labute approximate surface area is 214 Å². The Morgan fingerprint density at radius 3 is 2.57 bits per heavy atom. The number of hydrazine groups is 1. The summed E-state index contributed by atoms with van der Waals surface area (Å²) in [4.78, 5) is 44.7. The molecule has 0 aliphatic carbocycles. The molecule has 35 heavy (non-hydrogen) atoms. The van der Waals surface area contributed by atoms with Crippen molar-refractivity contribution < 1.29 is 19.5 Å². The summed E-state index contributed by atoms with van der Waals surface area (Å²) in [5.74, 6) is -1.35. The van der Waals surface area contributed by atoms with E-state index in [1.54, 1.807) is 32.7 Å². The van der Waals surface area contributed by atoms with Gasteiger partial charge in [-0.05, 0) is 50.8 Å². The van der Waals surface area contributed by atoms with Crippen molar-refractivity contribution in [2.75, 3.05) is 13.6 Å². The zero-order valence-corrected chi connectivity index (χ0v) is 22.4. The number of aliphatic hydroxyl groups excluding tert-OH is 1. The number of carbonyl (C=O) groups excluding carboxylic acids is 3. The minimum Gasteiger partial charge on any atom is -0.383 e. The van der Waals surface area contributed by atoms with Gasteiger partial charge in [0, 0.05) is 23.5 Å². The molecule has 3 unspecified atom stereocenters. The number of rotatable bonds is 7. The van der Waals surface area contributed by atoms with Crippen LogP contribution in [0.15, 0.2) is 34.8 Å². The molecule has 2 aromatic rings. The van der Waals surface area contributed by atoms with Crippen LogP contribution >= 0.6 is 15.9 Å². The van der Waals surface area contributed by atoms with Gasteiger partial charge in [0.15, 0.2) is 0 Å². The first-order valence-corrected chi connectivity index (χ1v) is 12.7. The third-order valence-electron chi connectivity index (χ3n) is 6.41. The van der Waals surface area contributed by atoms with E-state index in [9.17, 15) is 19.5 Å². The van der Waals surface area contributed by atoms with Gasteiger partial charge in [0.25, 0.3) is 5.91 Å². The second kappa shape index (κ2) is 11.5. The number of aliphatic hydroxyl groups is 1. The lowest BCUT2D eigenvalue weighted by atomic mass is 10.1. The van der Waals surface area contributed by atoms with E-state index in [4.69, 9.17) is 4.98 Å². The Kier molecular flexibility index (Phi) is 8.84. The van der Waals surface area contributed by atoms with Gasteiger partial charge in [0.1, 0.15) is 18.2 Å². The van der Waals surface area contributed by atoms with Crippen molar-refractivity contribution in [1.82, 2.24) is 25.6 Å². The number of hydrogen-bond acceptors (Lipinski definition) is 6. The zero-order valence-electron chi connectivity index (χ0n) is 20.8. The molecule has 0 spiro atoms. The van der Waals surface area contributed by atoms with Crippen LogP contribution in [-0.4, -0.2) is 69.5 Å². The van der Waals surface area contributed by atoms with E-state index >= 15 is 0 Å². The van der Waals surface area contributed by atoms with E-state index in [-0.39, 0.29) is 23.8 Å². The number of likely N-dealkylation sites (N-methyl/N-ethyl adjacent to an activating group) is 1. The molecule has 190 valence electrons. The van der Waals surface area contributed by atoms with Gasteiger partial charge in [-0.15, -0.1) is 0 Å². The van der Waals surface area contributed by atoms with Gasteiger partial charge in [0.2, 0.25) is 11.8 Å². The molecule has 3 amide bonds. The average molecular weight is 548 g/mol. The number of halogens is 1. The second-order valence-electron chi connectivity index (χ2n) is 9.43. The van der Waals surface area contributed by atoms with Gasteiger partial charge in [-0.3, -0.25) is 24.4 Å². The maximum atomic E-state index is 13.3. The molecule has 10 heteroatoms. The monoisotopic (exact) mass is 547 g/mol. The maximum absolute atomic E-state index is 13.3. The summed E-state index contributed by atoms with van der Waals surface area (Å²) in [5.41, 5.74) is 4.65. The Hall–Kier alpha value is -2.56. The molecule has 1 saturated heterocycles. The molecule has 1 aliphatic heterocycles. The molecule has 4 atom stereocenters. The van der Waals surface area contributed by atoms with Crippen LogP contribution < -0.4 is 10.7 Å². The van der Waals surface area contributed by atoms with Crippen LogP contribution in [0.3, 0.4) is 0 Å². The van der Waals surface area contributed by atoms with Crippen LogP contribution in [0.1, 0.15) is 52.3 Å². The van der Waals surface area contributed by atoms with Crippen molar-refractivity contribution in [1.29, 1.82) is 0 Å². The first kappa shape index (κ1) is 27.0. The van der Waals surface area contributed by atoms with Crippen LogP contribution in [0, 0.1) is 5.92 Å². The molecule has 1 fully saturated rings. The molecular formula is C25H34BrN5O4. The molecule has 1 aromatic carbocycles. The predicted octanol–water partition coefficient (Wildman–Crippen LogP) is 2.53. The lowest BCUT2D eigenvalue weighted by molar-refractivity contribution is -0.146. The maximum Gasteiger partial charge on any atom is 0.258 e. The first-order valence-electron chi connectivity index (χ1n) is 11.9. The molecule has 3 rings (SSSR count). The number of hydrogen-bond donors (Lipinski definition) is 3. The summed E-state index contributed by atoms with van der Waals surface area (Å²) in [5, 5.41) is 14.9. The third kappa shape index (κ3) is 6.36. The van der Waals surface area contributed by atoms with Crippen LogP contribution in [-0.2, 0) is 14.4 Å². The van der Waals surface area contributed by atoms with Gasteiger partial charge in [-0.1, -0.05) is 41.9 Å². The largest absolute Gasteiger partial charge is 0.383 e. The molecule has 0 bridgehead atoms. The molecule has 3 N–H and O–H groups in total. The standard InChI is InChI=1S/C25H34BrN5O4/c1-14(2)22(32)23(33)27-15(3)24(34)31-12-6-7-20(29-31)25(35)30(5)16(4)19-11-9-17-8-10-18(26)13-21(17)28-19/h8-11,13-16,20,22,29,32H,6-7,12H2,1-5H3,(H,27,33)/t15?,16-,20?,22?/m1/s1. The minimum atomic E-state index is -1.19. The summed E-state index contributed by atoms with van der Waals surface area (Å²) >= 11 is 3.47. The topological polar surface area (TPSA) is 115 Å². The van der Waals surface area contributed by atoms with Crippen LogP contribution in [0.5, 0.6) is 0 Å². The number of aromatic nitrogens is 1. The van der Waals surface area contributed by atoms with Gasteiger partial charge in [-0.2, -0.15) is 0 Å². The summed E-state index contributed by atoms with van der Waals surface area (Å²) in [6.07, 6.45) is 0.0493. The highest BCUT2D eigenvalue weighted by Crippen LogP contribution is 2.24. The number of nitrogens with one attached hydrogen (secondary N) is 2. The second-order valence-corrected chi connectivity index (χ2v) is 10.3. The molecular weight excluding hydrogens is 514 g/mol. The summed E-state index contributed by atoms with van der Waals surface area (Å²) in [7, 11) is 1.73. The first-order chi connectivity index (χ1) is 16.5. The van der Waals surface area contributed by atoms with Crippen molar-refractivity contribution in [2.45, 2.75) is 64.8 Å². The number of amides is 3. The Balaban J connectivity index is 1.64. The van der Waals surface area contributed by atoms with Gasteiger partial charge in [0.05, 0.1) is 17.3 Å². The number of benzene rings is 1. The van der Waals surface area contributed by atoms with Crippen molar-refractivity contribution in [2.24, 2.45) is 5.92 Å². The fraction of sp³-hybridized carbons (Fsp3) is 0.520. The van der Waals surface area contributed by atoms with E-state index in [2.05, 4.69) is 26.7 Å². The molecule has 1 aliphatic rings. The highest BCUT2D eigenvalue weighted by atomic mass is 79.9. The minimum absolute atomic E-state index is 0.141. The van der Waals surface area contributed by atoms with Crippen molar-refractivity contribution in [3.05, 3.63) is 40.5 Å². The molecule has 0 saturated carbocycles. The molecule has 2 heterocycles. The molecule has 1 aromatic heterocycles. The number of fused-ring (bicyclic) bond motifs is 1. The lowest BCUT2D eigenvalue weighted by Crippen LogP contribution is -2.61. The Morgan fingerprint density at radius 2 is 1.89 bits per heavy atom. The highest BCUT2D eigenvalue weighted by Gasteiger charge is 2.34. The third-order valence-corrected chi connectivity index (χ3v) is 6.91. The van der Waals surface area contributed by atoms with Crippen LogP contribution in [0.25, 0.3) is 10.9 Å². The fourth-order valence-electron chi connectivity index (χ4n) is 3.99. The Morgan fingerprint density at radius 1 is 1.20 bits per heavy atom. The Bertz CT molecular complexity index is 1090. The van der Waals surface area contributed by atoms with Crippen molar-refractivity contribution in [3.63, 3.8) is 0 Å². The van der Waals surface area contributed by atoms with E-state index in [0.717, 1.165) is 21.1 Å². The van der Waals surface area contributed by atoms with Crippen LogP contribution in [0.2, 0.25) is 0 Å². The average Bonchev–Trinajstić information content (AvgIpc) is 2.85. The fourth-order valence-corrected chi connectivity index (χ4v) is 4.34. The quantitative estimate of drug-likeness (QED) is 0.490. The SMILES string of the molecule is CC(NC(=O)C(O)C(C)C)C(=O)N1CCCC(C(=O)N(C)[C@H](C)c2ccc3ccc(Br)cc3n2)N1. The van der Waals surface area contributed by atoms with E-state index in [1.165, 1.54) is 5.01 Å². The number of nitrogens with zero attached hydrogens (tertiary/aromatic N) is 3. The summed E-state index contributed by atoms with van der Waals surface area (Å²) < 4.78 is 0.937. The summed E-state index contributed by atoms with van der Waals surface area (Å²) in [6.45, 7) is 7.37. The van der Waals surface area contributed by atoms with E-state index in [0.29, 0.717) is 19.4 Å². The van der Waals surface area contributed by atoms with Gasteiger partial charge < -0.3 is 15.3 Å². The molecule has 0 radical (unpaired) electrons. The number of pyridine rings is 1. The number of carbonyl (C=O) groups is 3. The summed E-state index contributed by atoms with van der Waals surface area (Å²) in [6, 6.07) is 8.13. The predicted molar refractivity (Wildman–Crippen MR) is 137 cm³/mol. The lowest BCUT2D eigenvalue weighted by Gasteiger charge is -2.37.